The maximum absolute atomic E-state index is 13.4. The Morgan fingerprint density at radius 3 is 2.53 bits per heavy atom. The summed E-state index contributed by atoms with van der Waals surface area (Å²) in [4.78, 5) is 3.66. The van der Waals surface area contributed by atoms with Crippen molar-refractivity contribution in [2.45, 2.75) is 6.42 Å². The topological polar surface area (TPSA) is 12.9 Å². The van der Waals surface area contributed by atoms with E-state index in [1.807, 2.05) is 36.4 Å². The van der Waals surface area contributed by atoms with E-state index in [-0.39, 0.29) is 5.95 Å². The van der Waals surface area contributed by atoms with Crippen LogP contribution in [0.5, 0.6) is 0 Å². The quantitative estimate of drug-likeness (QED) is 0.611. The summed E-state index contributed by atoms with van der Waals surface area (Å²) in [6, 6.07) is 11.7. The van der Waals surface area contributed by atoms with E-state index in [4.69, 9.17) is 0 Å². The first kappa shape index (κ1) is 10.5. The average Bonchev–Trinajstić information content (AvgIpc) is 2.25. The van der Waals surface area contributed by atoms with Crippen LogP contribution in [-0.2, 0) is 6.42 Å². The highest BCUT2D eigenvalue weighted by molar-refractivity contribution is 14.1. The average molecular weight is 313 g/mol. The van der Waals surface area contributed by atoms with Crippen LogP contribution < -0.4 is 0 Å². The van der Waals surface area contributed by atoms with Crippen molar-refractivity contribution in [1.82, 2.24) is 4.98 Å². The number of halogens is 2. The molecule has 15 heavy (non-hydrogen) atoms. The Balaban J connectivity index is 2.32. The first-order valence-electron chi connectivity index (χ1n) is 4.60. The van der Waals surface area contributed by atoms with Gasteiger partial charge in [0, 0.05) is 21.8 Å². The Morgan fingerprint density at radius 1 is 1.13 bits per heavy atom. The predicted molar refractivity (Wildman–Crippen MR) is 66.2 cm³/mol. The maximum Gasteiger partial charge on any atom is 0.217 e. The summed E-state index contributed by atoms with van der Waals surface area (Å²) in [5, 5.41) is 0. The molecule has 0 atom stereocenters. The molecule has 0 saturated carbocycles. The fourth-order valence-electron chi connectivity index (χ4n) is 1.40. The van der Waals surface area contributed by atoms with Gasteiger partial charge in [-0.2, -0.15) is 4.39 Å². The van der Waals surface area contributed by atoms with Crippen LogP contribution in [0.25, 0.3) is 0 Å². The predicted octanol–water partition coefficient (Wildman–Crippen LogP) is 3.42. The molecule has 76 valence electrons. The molecular formula is C12H9FIN. The Labute approximate surface area is 102 Å². The van der Waals surface area contributed by atoms with Crippen LogP contribution in [0.4, 0.5) is 4.39 Å². The van der Waals surface area contributed by atoms with E-state index in [1.165, 1.54) is 6.20 Å². The molecule has 0 unspecified atom stereocenters. The monoisotopic (exact) mass is 313 g/mol. The van der Waals surface area contributed by atoms with Crippen molar-refractivity contribution in [2.75, 3.05) is 0 Å². The molecule has 0 fully saturated rings. The number of rotatable bonds is 2. The fraction of sp³-hybridized carbons (Fsp3) is 0.0833. The van der Waals surface area contributed by atoms with E-state index in [0.29, 0.717) is 12.0 Å². The molecule has 2 rings (SSSR count). The molecule has 3 heteroatoms. The molecule has 0 N–H and O–H groups in total. The van der Waals surface area contributed by atoms with Crippen molar-refractivity contribution in [1.29, 1.82) is 0 Å². The highest BCUT2D eigenvalue weighted by Crippen LogP contribution is 2.17. The SMILES string of the molecule is Fc1nccc(I)c1Cc1ccccc1. The van der Waals surface area contributed by atoms with Crippen LogP contribution in [0.2, 0.25) is 0 Å². The van der Waals surface area contributed by atoms with E-state index in [2.05, 4.69) is 27.6 Å². The van der Waals surface area contributed by atoms with E-state index >= 15 is 0 Å². The minimum Gasteiger partial charge on any atom is -0.228 e. The first-order chi connectivity index (χ1) is 7.27. The number of benzene rings is 1. The minimum absolute atomic E-state index is 0.370. The van der Waals surface area contributed by atoms with Crippen molar-refractivity contribution in [3.8, 4) is 0 Å². The van der Waals surface area contributed by atoms with Crippen LogP contribution >= 0.6 is 22.6 Å². The normalized spacial score (nSPS) is 10.3. The molecule has 0 amide bonds. The van der Waals surface area contributed by atoms with Crippen LogP contribution in [0.1, 0.15) is 11.1 Å². The molecule has 0 saturated heterocycles. The Bertz CT molecular complexity index is 436. The third kappa shape index (κ3) is 2.53. The molecule has 0 aliphatic carbocycles. The second kappa shape index (κ2) is 4.70. The van der Waals surface area contributed by atoms with Gasteiger partial charge < -0.3 is 0 Å². The van der Waals surface area contributed by atoms with Gasteiger partial charge in [0.05, 0.1) is 0 Å². The third-order valence-electron chi connectivity index (χ3n) is 2.17. The van der Waals surface area contributed by atoms with Gasteiger partial charge in [0.15, 0.2) is 0 Å². The zero-order valence-corrected chi connectivity index (χ0v) is 10.1. The highest BCUT2D eigenvalue weighted by Gasteiger charge is 2.07. The molecule has 0 bridgehead atoms. The van der Waals surface area contributed by atoms with Crippen LogP contribution in [0, 0.1) is 9.52 Å². The summed E-state index contributed by atoms with van der Waals surface area (Å²) in [7, 11) is 0. The minimum atomic E-state index is -0.370. The molecule has 0 radical (unpaired) electrons. The van der Waals surface area contributed by atoms with E-state index in [1.54, 1.807) is 0 Å². The van der Waals surface area contributed by atoms with Gasteiger partial charge in [-0.1, -0.05) is 30.3 Å². The smallest absolute Gasteiger partial charge is 0.217 e. The number of pyridine rings is 1. The van der Waals surface area contributed by atoms with E-state index in [0.717, 1.165) is 9.13 Å². The standard InChI is InChI=1S/C12H9FIN/c13-12-10(11(14)6-7-15-12)8-9-4-2-1-3-5-9/h1-7H,8H2. The van der Waals surface area contributed by atoms with Gasteiger partial charge in [-0.15, -0.1) is 0 Å². The van der Waals surface area contributed by atoms with Gasteiger partial charge in [-0.3, -0.25) is 0 Å². The number of hydrogen-bond acceptors (Lipinski definition) is 1. The molecule has 0 aliphatic heterocycles. The lowest BCUT2D eigenvalue weighted by Crippen LogP contribution is -1.98. The Hall–Kier alpha value is -0.970. The summed E-state index contributed by atoms with van der Waals surface area (Å²) in [5.74, 6) is -0.370. The van der Waals surface area contributed by atoms with E-state index in [9.17, 15) is 4.39 Å². The van der Waals surface area contributed by atoms with Gasteiger partial charge in [0.2, 0.25) is 5.95 Å². The summed E-state index contributed by atoms with van der Waals surface area (Å²) in [6.45, 7) is 0. The highest BCUT2D eigenvalue weighted by atomic mass is 127. The Morgan fingerprint density at radius 2 is 1.87 bits per heavy atom. The second-order valence-corrected chi connectivity index (χ2v) is 4.39. The van der Waals surface area contributed by atoms with Gasteiger partial charge in [-0.05, 0) is 34.2 Å². The third-order valence-corrected chi connectivity index (χ3v) is 3.18. The number of hydrogen-bond donors (Lipinski definition) is 0. The number of nitrogens with zero attached hydrogens (tertiary/aromatic N) is 1. The molecule has 2 aromatic rings. The van der Waals surface area contributed by atoms with Crippen molar-refractivity contribution >= 4 is 22.6 Å². The van der Waals surface area contributed by atoms with Gasteiger partial charge in [0.25, 0.3) is 0 Å². The molecule has 1 heterocycles. The van der Waals surface area contributed by atoms with Crippen LogP contribution in [-0.4, -0.2) is 4.98 Å². The van der Waals surface area contributed by atoms with Crippen molar-refractivity contribution in [2.24, 2.45) is 0 Å². The molecule has 0 aliphatic rings. The van der Waals surface area contributed by atoms with E-state index < -0.39 is 0 Å². The molecule has 0 spiro atoms. The largest absolute Gasteiger partial charge is 0.228 e. The second-order valence-electron chi connectivity index (χ2n) is 3.22. The summed E-state index contributed by atoms with van der Waals surface area (Å²) in [5.41, 5.74) is 1.77. The molecule has 1 aromatic carbocycles. The lowest BCUT2D eigenvalue weighted by Gasteiger charge is -2.04. The maximum atomic E-state index is 13.4. The molecule has 1 nitrogen and oxygen atoms in total. The zero-order valence-electron chi connectivity index (χ0n) is 7.95. The van der Waals surface area contributed by atoms with Crippen LogP contribution in [0.15, 0.2) is 42.6 Å². The first-order valence-corrected chi connectivity index (χ1v) is 5.68. The van der Waals surface area contributed by atoms with Gasteiger partial charge in [0.1, 0.15) is 0 Å². The summed E-state index contributed by atoms with van der Waals surface area (Å²) >= 11 is 2.13. The lowest BCUT2D eigenvalue weighted by molar-refractivity contribution is 0.568. The van der Waals surface area contributed by atoms with Crippen molar-refractivity contribution in [3.05, 3.63) is 63.2 Å². The van der Waals surface area contributed by atoms with Crippen molar-refractivity contribution in [3.63, 3.8) is 0 Å². The zero-order chi connectivity index (χ0) is 10.7. The fourth-order valence-corrected chi connectivity index (χ4v) is 1.98. The van der Waals surface area contributed by atoms with Gasteiger partial charge in [-0.25, -0.2) is 4.98 Å². The number of aromatic nitrogens is 1. The van der Waals surface area contributed by atoms with Crippen molar-refractivity contribution < 1.29 is 4.39 Å². The molecule has 1 aromatic heterocycles. The lowest BCUT2D eigenvalue weighted by atomic mass is 10.1. The van der Waals surface area contributed by atoms with Crippen LogP contribution in [0.3, 0.4) is 0 Å². The molecular weight excluding hydrogens is 304 g/mol. The summed E-state index contributed by atoms with van der Waals surface area (Å²) < 4.78 is 14.3. The Kier molecular flexibility index (Phi) is 3.30. The summed E-state index contributed by atoms with van der Waals surface area (Å²) in [6.07, 6.45) is 2.09. The van der Waals surface area contributed by atoms with Gasteiger partial charge >= 0.3 is 0 Å².